The van der Waals surface area contributed by atoms with E-state index < -0.39 is 11.7 Å². The van der Waals surface area contributed by atoms with E-state index in [1.54, 1.807) is 12.1 Å². The quantitative estimate of drug-likeness (QED) is 0.744. The monoisotopic (exact) mass is 273 g/mol. The summed E-state index contributed by atoms with van der Waals surface area (Å²) in [5.41, 5.74) is 0.366. The SMILES string of the molecule is CCC(C)N(c1ccc(C)c(C(F)(F)F)c1)C(C)C. The summed E-state index contributed by atoms with van der Waals surface area (Å²) in [5, 5.41) is 0. The van der Waals surface area contributed by atoms with Crippen LogP contribution in [0.5, 0.6) is 0 Å². The maximum Gasteiger partial charge on any atom is 0.416 e. The number of rotatable bonds is 4. The predicted octanol–water partition coefficient (Wildman–Crippen LogP) is 5.03. The lowest BCUT2D eigenvalue weighted by molar-refractivity contribution is -0.138. The molecule has 0 radical (unpaired) electrons. The van der Waals surface area contributed by atoms with Crippen LogP contribution < -0.4 is 4.90 Å². The minimum atomic E-state index is -4.29. The lowest BCUT2D eigenvalue weighted by Gasteiger charge is -2.35. The van der Waals surface area contributed by atoms with Crippen molar-refractivity contribution in [3.05, 3.63) is 29.3 Å². The summed E-state index contributed by atoms with van der Waals surface area (Å²) in [6, 6.07) is 4.97. The fourth-order valence-electron chi connectivity index (χ4n) is 2.33. The van der Waals surface area contributed by atoms with E-state index in [1.807, 2.05) is 32.6 Å². The Balaban J connectivity index is 3.26. The molecular weight excluding hydrogens is 251 g/mol. The number of aryl methyl sites for hydroxylation is 1. The second-order valence-electron chi connectivity index (χ2n) is 5.26. The van der Waals surface area contributed by atoms with E-state index in [-0.39, 0.29) is 17.6 Å². The van der Waals surface area contributed by atoms with Gasteiger partial charge in [-0.2, -0.15) is 13.2 Å². The molecule has 0 fully saturated rings. The fourth-order valence-corrected chi connectivity index (χ4v) is 2.33. The molecule has 0 amide bonds. The van der Waals surface area contributed by atoms with Gasteiger partial charge in [0.1, 0.15) is 0 Å². The molecule has 0 aliphatic carbocycles. The summed E-state index contributed by atoms with van der Waals surface area (Å²) in [5.74, 6) is 0. The molecule has 0 aliphatic rings. The van der Waals surface area contributed by atoms with Crippen LogP contribution in [0.2, 0.25) is 0 Å². The number of nitrogens with zero attached hydrogens (tertiary/aromatic N) is 1. The van der Waals surface area contributed by atoms with Gasteiger partial charge in [-0.3, -0.25) is 0 Å². The van der Waals surface area contributed by atoms with Crippen molar-refractivity contribution < 1.29 is 13.2 Å². The second-order valence-corrected chi connectivity index (χ2v) is 5.26. The second kappa shape index (κ2) is 5.85. The van der Waals surface area contributed by atoms with Crippen LogP contribution in [0.25, 0.3) is 0 Å². The van der Waals surface area contributed by atoms with Crippen molar-refractivity contribution in [2.45, 2.75) is 59.3 Å². The summed E-state index contributed by atoms with van der Waals surface area (Å²) >= 11 is 0. The van der Waals surface area contributed by atoms with E-state index >= 15 is 0 Å². The standard InChI is InChI=1S/C15H22F3N/c1-6-12(5)19(10(2)3)13-8-7-11(4)14(9-13)15(16,17)18/h7-10,12H,6H2,1-5H3. The Labute approximate surface area is 113 Å². The minimum Gasteiger partial charge on any atom is -0.366 e. The van der Waals surface area contributed by atoms with Gasteiger partial charge in [0.15, 0.2) is 0 Å². The van der Waals surface area contributed by atoms with E-state index in [0.29, 0.717) is 5.69 Å². The zero-order valence-electron chi connectivity index (χ0n) is 12.2. The molecule has 0 heterocycles. The first kappa shape index (κ1) is 15.9. The maximum absolute atomic E-state index is 13.0. The topological polar surface area (TPSA) is 3.24 Å². The molecule has 108 valence electrons. The average molecular weight is 273 g/mol. The normalized spacial score (nSPS) is 13.7. The van der Waals surface area contributed by atoms with Crippen molar-refractivity contribution in [3.63, 3.8) is 0 Å². The van der Waals surface area contributed by atoms with Crippen LogP contribution in [-0.2, 0) is 6.18 Å². The summed E-state index contributed by atoms with van der Waals surface area (Å²) < 4.78 is 38.9. The number of hydrogen-bond acceptors (Lipinski definition) is 1. The Hall–Kier alpha value is -1.19. The molecule has 1 nitrogen and oxygen atoms in total. The molecule has 4 heteroatoms. The van der Waals surface area contributed by atoms with E-state index in [9.17, 15) is 13.2 Å². The third kappa shape index (κ3) is 3.64. The van der Waals surface area contributed by atoms with Crippen LogP contribution in [0.4, 0.5) is 18.9 Å². The van der Waals surface area contributed by atoms with Crippen LogP contribution in [0, 0.1) is 6.92 Å². The van der Waals surface area contributed by atoms with Gasteiger partial charge in [-0.05, 0) is 51.8 Å². The molecule has 0 saturated carbocycles. The molecule has 1 atom stereocenters. The first-order chi connectivity index (χ1) is 8.68. The highest BCUT2D eigenvalue weighted by atomic mass is 19.4. The summed E-state index contributed by atoms with van der Waals surface area (Å²) in [6.45, 7) is 9.57. The fraction of sp³-hybridized carbons (Fsp3) is 0.600. The smallest absolute Gasteiger partial charge is 0.366 e. The molecule has 0 N–H and O–H groups in total. The van der Waals surface area contributed by atoms with Gasteiger partial charge >= 0.3 is 6.18 Å². The van der Waals surface area contributed by atoms with Crippen molar-refractivity contribution in [1.82, 2.24) is 0 Å². The first-order valence-electron chi connectivity index (χ1n) is 6.64. The van der Waals surface area contributed by atoms with Crippen molar-refractivity contribution in [2.75, 3.05) is 4.90 Å². The Morgan fingerprint density at radius 2 is 1.74 bits per heavy atom. The largest absolute Gasteiger partial charge is 0.416 e. The molecular formula is C15H22F3N. The number of halogens is 3. The third-order valence-electron chi connectivity index (χ3n) is 3.45. The number of benzene rings is 1. The highest BCUT2D eigenvalue weighted by Crippen LogP contribution is 2.35. The highest BCUT2D eigenvalue weighted by molar-refractivity contribution is 5.53. The number of hydrogen-bond donors (Lipinski definition) is 0. The van der Waals surface area contributed by atoms with Gasteiger partial charge in [0, 0.05) is 17.8 Å². The molecule has 0 aliphatic heterocycles. The Bertz CT molecular complexity index is 424. The van der Waals surface area contributed by atoms with Crippen LogP contribution in [0.3, 0.4) is 0 Å². The highest BCUT2D eigenvalue weighted by Gasteiger charge is 2.33. The minimum absolute atomic E-state index is 0.165. The van der Waals surface area contributed by atoms with Gasteiger partial charge in [0.25, 0.3) is 0 Å². The van der Waals surface area contributed by atoms with Gasteiger partial charge in [-0.15, -0.1) is 0 Å². The maximum atomic E-state index is 13.0. The molecule has 0 spiro atoms. The molecule has 0 bridgehead atoms. The van der Waals surface area contributed by atoms with Crippen molar-refractivity contribution >= 4 is 5.69 Å². The van der Waals surface area contributed by atoms with Crippen LogP contribution >= 0.6 is 0 Å². The lowest BCUT2D eigenvalue weighted by atomic mass is 10.0. The molecule has 0 aromatic heterocycles. The van der Waals surface area contributed by atoms with Gasteiger partial charge in [-0.25, -0.2) is 0 Å². The number of anilines is 1. The van der Waals surface area contributed by atoms with Gasteiger partial charge < -0.3 is 4.90 Å². The third-order valence-corrected chi connectivity index (χ3v) is 3.45. The lowest BCUT2D eigenvalue weighted by Crippen LogP contribution is -2.38. The van der Waals surface area contributed by atoms with Crippen molar-refractivity contribution in [2.24, 2.45) is 0 Å². The Morgan fingerprint density at radius 3 is 2.16 bits per heavy atom. The first-order valence-corrected chi connectivity index (χ1v) is 6.64. The molecule has 1 unspecified atom stereocenters. The zero-order chi connectivity index (χ0) is 14.8. The van der Waals surface area contributed by atoms with Gasteiger partial charge in [-0.1, -0.05) is 13.0 Å². The van der Waals surface area contributed by atoms with E-state index in [2.05, 4.69) is 0 Å². The zero-order valence-corrected chi connectivity index (χ0v) is 12.2. The summed E-state index contributed by atoms with van der Waals surface area (Å²) in [4.78, 5) is 2.04. The Kier molecular flexibility index (Phi) is 4.88. The Morgan fingerprint density at radius 1 is 1.16 bits per heavy atom. The van der Waals surface area contributed by atoms with Crippen molar-refractivity contribution in [1.29, 1.82) is 0 Å². The van der Waals surface area contributed by atoms with Crippen molar-refractivity contribution in [3.8, 4) is 0 Å². The van der Waals surface area contributed by atoms with Gasteiger partial charge in [0.05, 0.1) is 5.56 Å². The van der Waals surface area contributed by atoms with Crippen LogP contribution in [0.15, 0.2) is 18.2 Å². The van der Waals surface area contributed by atoms with E-state index in [0.717, 1.165) is 6.42 Å². The predicted molar refractivity (Wildman–Crippen MR) is 73.5 cm³/mol. The molecule has 1 aromatic rings. The molecule has 1 rings (SSSR count). The van der Waals surface area contributed by atoms with Gasteiger partial charge in [0.2, 0.25) is 0 Å². The van der Waals surface area contributed by atoms with E-state index in [1.165, 1.54) is 13.0 Å². The summed E-state index contributed by atoms with van der Waals surface area (Å²) in [7, 11) is 0. The summed E-state index contributed by atoms with van der Waals surface area (Å²) in [6.07, 6.45) is -3.40. The average Bonchev–Trinajstić information content (AvgIpc) is 2.29. The van der Waals surface area contributed by atoms with Crippen LogP contribution in [-0.4, -0.2) is 12.1 Å². The molecule has 19 heavy (non-hydrogen) atoms. The van der Waals surface area contributed by atoms with Crippen LogP contribution in [0.1, 0.15) is 45.2 Å². The molecule has 1 aromatic carbocycles. The molecule has 0 saturated heterocycles. The van der Waals surface area contributed by atoms with E-state index in [4.69, 9.17) is 0 Å². The number of alkyl halides is 3.